The number of aryl methyl sites for hydroxylation is 1. The van der Waals surface area contributed by atoms with Gasteiger partial charge in [-0.05, 0) is 54.4 Å². The van der Waals surface area contributed by atoms with Gasteiger partial charge in [0.2, 0.25) is 17.7 Å². The van der Waals surface area contributed by atoms with Gasteiger partial charge in [0.15, 0.2) is 0 Å². The molecule has 13 heteroatoms. The first kappa shape index (κ1) is 27.9. The largest absolute Gasteiger partial charge is 0.416 e. The number of halogens is 3. The predicted octanol–water partition coefficient (Wildman–Crippen LogP) is 5.07. The van der Waals surface area contributed by atoms with E-state index in [1.165, 1.54) is 16.8 Å². The molecule has 0 aliphatic carbocycles. The molecule has 4 aromatic rings. The Morgan fingerprint density at radius 3 is 2.52 bits per heavy atom. The maximum atomic E-state index is 13.9. The van der Waals surface area contributed by atoms with Crippen molar-refractivity contribution in [1.82, 2.24) is 9.55 Å². The summed E-state index contributed by atoms with van der Waals surface area (Å²) in [5, 5.41) is 2.10. The lowest BCUT2D eigenvalue weighted by Gasteiger charge is -2.30. The molecular formula is C29H21F3N4O4S2. The molecule has 3 atom stereocenters. The highest BCUT2D eigenvalue weighted by Crippen LogP contribution is 2.54. The fraction of sp³-hybridized carbons (Fsp3) is 0.207. The Balaban J connectivity index is 1.40. The summed E-state index contributed by atoms with van der Waals surface area (Å²) >= 11 is 1.86. The number of carbonyl (C=O) groups excluding carboxylic acids is 3. The molecule has 0 bridgehead atoms. The zero-order valence-corrected chi connectivity index (χ0v) is 23.4. The van der Waals surface area contributed by atoms with Crippen LogP contribution in [0.15, 0.2) is 82.9 Å². The number of thiazole rings is 1. The Morgan fingerprint density at radius 2 is 1.81 bits per heavy atom. The van der Waals surface area contributed by atoms with Gasteiger partial charge in [-0.3, -0.25) is 28.7 Å². The van der Waals surface area contributed by atoms with Gasteiger partial charge >= 0.3 is 11.0 Å². The fourth-order valence-corrected chi connectivity index (χ4v) is 8.09. The molecule has 8 nitrogen and oxygen atoms in total. The number of thioether (sulfide) groups is 1. The Hall–Kier alpha value is -4.23. The number of amides is 3. The number of fused-ring (bicyclic) bond motifs is 2. The SMILES string of the molecule is Cc1cccc(NC(=O)Cn2c3c(sc2=O)[C@@H](c2cccnc2)[C@@H]2C(=O)N(c4cccc(C(F)(F)F)c4)C(=O)[C@@H]2S3)c1. The van der Waals surface area contributed by atoms with Crippen LogP contribution in [0.3, 0.4) is 0 Å². The molecule has 4 heterocycles. The Morgan fingerprint density at radius 1 is 1.02 bits per heavy atom. The number of pyridine rings is 1. The maximum Gasteiger partial charge on any atom is 0.416 e. The lowest BCUT2D eigenvalue weighted by molar-refractivity contribution is -0.137. The molecule has 1 fully saturated rings. The number of hydrogen-bond donors (Lipinski definition) is 1. The lowest BCUT2D eigenvalue weighted by atomic mass is 9.84. The summed E-state index contributed by atoms with van der Waals surface area (Å²) in [4.78, 5) is 58.8. The van der Waals surface area contributed by atoms with E-state index in [0.717, 1.165) is 51.8 Å². The minimum atomic E-state index is -4.67. The first-order valence-electron chi connectivity index (χ1n) is 12.7. The van der Waals surface area contributed by atoms with Crippen molar-refractivity contribution in [2.24, 2.45) is 5.92 Å². The van der Waals surface area contributed by atoms with Crippen LogP contribution in [-0.2, 0) is 27.1 Å². The normalized spacial score (nSPS) is 19.9. The molecule has 2 aliphatic heterocycles. The third kappa shape index (κ3) is 4.92. The van der Waals surface area contributed by atoms with Crippen molar-refractivity contribution in [3.63, 3.8) is 0 Å². The van der Waals surface area contributed by atoms with Gasteiger partial charge in [-0.15, -0.1) is 0 Å². The highest BCUT2D eigenvalue weighted by molar-refractivity contribution is 8.00. The quantitative estimate of drug-likeness (QED) is 0.317. The lowest BCUT2D eigenvalue weighted by Crippen LogP contribution is -2.33. The summed E-state index contributed by atoms with van der Waals surface area (Å²) in [5.74, 6) is -3.58. The number of nitrogens with zero attached hydrogens (tertiary/aromatic N) is 3. The second-order valence-electron chi connectivity index (χ2n) is 9.93. The van der Waals surface area contributed by atoms with Crippen molar-refractivity contribution in [2.45, 2.75) is 35.8 Å². The predicted molar refractivity (Wildman–Crippen MR) is 152 cm³/mol. The zero-order chi connectivity index (χ0) is 29.8. The van der Waals surface area contributed by atoms with Crippen LogP contribution < -0.4 is 15.1 Å². The average molecular weight is 611 g/mol. The van der Waals surface area contributed by atoms with Crippen LogP contribution >= 0.6 is 23.1 Å². The number of nitrogens with one attached hydrogen (secondary N) is 1. The van der Waals surface area contributed by atoms with Gasteiger partial charge in [0.1, 0.15) is 11.8 Å². The smallest absolute Gasteiger partial charge is 0.325 e. The van der Waals surface area contributed by atoms with Gasteiger partial charge in [-0.25, -0.2) is 4.90 Å². The fourth-order valence-electron chi connectivity index (χ4n) is 5.32. The van der Waals surface area contributed by atoms with Crippen LogP contribution in [-0.4, -0.2) is 32.5 Å². The summed E-state index contributed by atoms with van der Waals surface area (Å²) in [6.07, 6.45) is -1.59. The molecule has 2 aliphatic rings. The second-order valence-corrected chi connectivity index (χ2v) is 12.1. The third-order valence-corrected chi connectivity index (χ3v) is 9.73. The number of carbonyl (C=O) groups is 3. The molecule has 0 saturated carbocycles. The summed E-state index contributed by atoms with van der Waals surface area (Å²) < 4.78 is 41.6. The van der Waals surface area contributed by atoms with E-state index in [0.29, 0.717) is 21.2 Å². The van der Waals surface area contributed by atoms with E-state index in [-0.39, 0.29) is 12.2 Å². The van der Waals surface area contributed by atoms with Crippen LogP contribution in [0.25, 0.3) is 0 Å². The van der Waals surface area contributed by atoms with Crippen molar-refractivity contribution in [1.29, 1.82) is 0 Å². The van der Waals surface area contributed by atoms with Gasteiger partial charge < -0.3 is 5.32 Å². The molecular weight excluding hydrogens is 589 g/mol. The van der Waals surface area contributed by atoms with Crippen molar-refractivity contribution in [3.05, 3.63) is 104 Å². The third-order valence-electron chi connectivity index (χ3n) is 7.13. The number of alkyl halides is 3. The summed E-state index contributed by atoms with van der Waals surface area (Å²) in [6, 6.07) is 14.6. The molecule has 2 aromatic heterocycles. The maximum absolute atomic E-state index is 13.9. The molecule has 3 amide bonds. The number of hydrogen-bond acceptors (Lipinski definition) is 7. The van der Waals surface area contributed by atoms with Gasteiger partial charge in [0.25, 0.3) is 0 Å². The topological polar surface area (TPSA) is 101 Å². The first-order chi connectivity index (χ1) is 20.0. The van der Waals surface area contributed by atoms with Gasteiger partial charge in [0, 0.05) is 28.9 Å². The van der Waals surface area contributed by atoms with Crippen molar-refractivity contribution < 1.29 is 27.6 Å². The van der Waals surface area contributed by atoms with E-state index >= 15 is 0 Å². The molecule has 0 radical (unpaired) electrons. The van der Waals surface area contributed by atoms with E-state index in [1.54, 1.807) is 36.5 Å². The Labute approximate surface area is 245 Å². The molecule has 6 rings (SSSR count). The van der Waals surface area contributed by atoms with Crippen molar-refractivity contribution >= 4 is 52.2 Å². The summed E-state index contributed by atoms with van der Waals surface area (Å²) in [5.41, 5.74) is 0.899. The first-order valence-corrected chi connectivity index (χ1v) is 14.4. The van der Waals surface area contributed by atoms with Gasteiger partial charge in [-0.1, -0.05) is 47.4 Å². The zero-order valence-electron chi connectivity index (χ0n) is 21.8. The molecule has 0 unspecified atom stereocenters. The minimum absolute atomic E-state index is 0.182. The molecule has 42 heavy (non-hydrogen) atoms. The second kappa shape index (κ2) is 10.6. The molecule has 0 spiro atoms. The van der Waals surface area contributed by atoms with Crippen LogP contribution in [0.5, 0.6) is 0 Å². The van der Waals surface area contributed by atoms with Crippen LogP contribution in [0.4, 0.5) is 24.5 Å². The number of imide groups is 1. The van der Waals surface area contributed by atoms with Gasteiger partial charge in [0.05, 0.1) is 22.2 Å². The Kier molecular flexibility index (Phi) is 7.01. The number of benzene rings is 2. The van der Waals surface area contributed by atoms with Crippen LogP contribution in [0, 0.1) is 12.8 Å². The van der Waals surface area contributed by atoms with E-state index in [2.05, 4.69) is 10.3 Å². The highest BCUT2D eigenvalue weighted by atomic mass is 32.2. The molecule has 1 N–H and O–H groups in total. The Bertz CT molecular complexity index is 1790. The van der Waals surface area contributed by atoms with E-state index in [1.807, 2.05) is 13.0 Å². The molecule has 214 valence electrons. The standard InChI is InChI=1S/C29H21F3N4O4S2/c1-15-5-2-8-18(11-15)34-20(37)14-35-27-24(42-28(35)40)21(16-6-4-10-33-13-16)22-23(41-27)26(39)36(25(22)38)19-9-3-7-17(12-19)29(30,31)32/h2-13,21-23H,14H2,1H3,(H,34,37)/t21-,22-,23+/m0/s1. The van der Waals surface area contributed by atoms with Crippen LogP contribution in [0.2, 0.25) is 0 Å². The van der Waals surface area contributed by atoms with Crippen molar-refractivity contribution in [2.75, 3.05) is 10.2 Å². The van der Waals surface area contributed by atoms with Gasteiger partial charge in [-0.2, -0.15) is 13.2 Å². The van der Waals surface area contributed by atoms with Crippen molar-refractivity contribution in [3.8, 4) is 0 Å². The van der Waals surface area contributed by atoms with E-state index in [4.69, 9.17) is 0 Å². The van der Waals surface area contributed by atoms with E-state index < -0.39 is 51.4 Å². The monoisotopic (exact) mass is 610 g/mol. The average Bonchev–Trinajstić information content (AvgIpc) is 3.39. The molecule has 1 saturated heterocycles. The molecule has 2 aromatic carbocycles. The number of anilines is 2. The van der Waals surface area contributed by atoms with E-state index in [9.17, 15) is 32.3 Å². The van der Waals surface area contributed by atoms with Crippen LogP contribution in [0.1, 0.15) is 27.5 Å². The highest BCUT2D eigenvalue weighted by Gasteiger charge is 2.57. The summed E-state index contributed by atoms with van der Waals surface area (Å²) in [7, 11) is 0. The summed E-state index contributed by atoms with van der Waals surface area (Å²) in [6.45, 7) is 1.55. The number of aromatic nitrogens is 2. The minimum Gasteiger partial charge on any atom is -0.325 e. The number of rotatable bonds is 5.